The summed E-state index contributed by atoms with van der Waals surface area (Å²) < 4.78 is 2.94. The number of fused-ring (bicyclic) bond motifs is 2. The Balaban J connectivity index is 2.18. The van der Waals surface area contributed by atoms with Gasteiger partial charge >= 0.3 is 0 Å². The van der Waals surface area contributed by atoms with Crippen molar-refractivity contribution in [2.45, 2.75) is 16.5 Å². The molecule has 0 aliphatic carbocycles. The lowest BCUT2D eigenvalue weighted by atomic mass is 10.1. The topological polar surface area (TPSA) is 22.0 Å². The quantitative estimate of drug-likeness (QED) is 0.740. The highest BCUT2D eigenvalue weighted by atomic mass is 79.9. The zero-order valence-corrected chi connectivity index (χ0v) is 10.7. The number of ketones is 1. The number of carbonyl (C=O) groups is 1. The van der Waals surface area contributed by atoms with Gasteiger partial charge < -0.3 is 4.57 Å². The van der Waals surface area contributed by atoms with Crippen molar-refractivity contribution in [1.82, 2.24) is 4.57 Å². The molecule has 0 bridgehead atoms. The standard InChI is InChI=1S/C12H8BrNOS/c13-8-3-4-11-9(6-8)10(15)7-14-5-1-2-12(14)16-11/h1-6H,7H2. The van der Waals surface area contributed by atoms with E-state index in [0.29, 0.717) is 6.54 Å². The molecule has 0 saturated carbocycles. The highest BCUT2D eigenvalue weighted by molar-refractivity contribution is 9.10. The molecule has 1 aliphatic heterocycles. The fourth-order valence-corrected chi connectivity index (χ4v) is 3.18. The number of hydrogen-bond donors (Lipinski definition) is 0. The van der Waals surface area contributed by atoms with E-state index in [4.69, 9.17) is 0 Å². The summed E-state index contributed by atoms with van der Waals surface area (Å²) in [5.41, 5.74) is 0.808. The van der Waals surface area contributed by atoms with Crippen molar-refractivity contribution in [3.05, 3.63) is 46.6 Å². The molecule has 0 radical (unpaired) electrons. The van der Waals surface area contributed by atoms with Crippen molar-refractivity contribution in [2.24, 2.45) is 0 Å². The zero-order valence-electron chi connectivity index (χ0n) is 8.31. The van der Waals surface area contributed by atoms with Gasteiger partial charge in [-0.25, -0.2) is 0 Å². The lowest BCUT2D eigenvalue weighted by Crippen LogP contribution is -2.08. The Kier molecular flexibility index (Phi) is 2.41. The molecule has 1 aromatic carbocycles. The minimum Gasteiger partial charge on any atom is -0.335 e. The van der Waals surface area contributed by atoms with Crippen molar-refractivity contribution < 1.29 is 4.79 Å². The van der Waals surface area contributed by atoms with Crippen LogP contribution >= 0.6 is 27.7 Å². The van der Waals surface area contributed by atoms with Gasteiger partial charge in [0.05, 0.1) is 11.6 Å². The van der Waals surface area contributed by atoms with E-state index in [1.165, 1.54) is 0 Å². The number of aromatic nitrogens is 1. The highest BCUT2D eigenvalue weighted by Gasteiger charge is 2.19. The van der Waals surface area contributed by atoms with Crippen LogP contribution in [0.1, 0.15) is 10.4 Å². The molecule has 1 aromatic heterocycles. The van der Waals surface area contributed by atoms with Crippen LogP contribution in [-0.4, -0.2) is 10.4 Å². The number of rotatable bonds is 0. The smallest absolute Gasteiger partial charge is 0.183 e. The first-order chi connectivity index (χ1) is 7.74. The lowest BCUT2D eigenvalue weighted by molar-refractivity contribution is 0.0968. The normalized spacial score (nSPS) is 14.2. The van der Waals surface area contributed by atoms with E-state index in [1.54, 1.807) is 11.8 Å². The first-order valence-corrected chi connectivity index (χ1v) is 6.51. The summed E-state index contributed by atoms with van der Waals surface area (Å²) in [6.45, 7) is 0.429. The monoisotopic (exact) mass is 293 g/mol. The van der Waals surface area contributed by atoms with Gasteiger partial charge in [-0.2, -0.15) is 0 Å². The number of benzene rings is 1. The Hall–Kier alpha value is -1.00. The Morgan fingerprint density at radius 2 is 2.19 bits per heavy atom. The lowest BCUT2D eigenvalue weighted by Gasteiger charge is -2.03. The van der Waals surface area contributed by atoms with Gasteiger partial charge in [0.25, 0.3) is 0 Å². The van der Waals surface area contributed by atoms with Crippen molar-refractivity contribution >= 4 is 33.5 Å². The first kappa shape index (κ1) is 10.2. The maximum Gasteiger partial charge on any atom is 0.183 e. The number of Topliss-reactive ketones (excluding diaryl/α,β-unsaturated/α-hetero) is 1. The Morgan fingerprint density at radius 1 is 1.31 bits per heavy atom. The average Bonchev–Trinajstić information content (AvgIpc) is 2.63. The molecule has 4 heteroatoms. The number of carbonyl (C=O) groups excluding carboxylic acids is 1. The van der Waals surface area contributed by atoms with Gasteiger partial charge in [0, 0.05) is 21.1 Å². The minimum absolute atomic E-state index is 0.166. The molecular formula is C12H8BrNOS. The second-order valence-corrected chi connectivity index (χ2v) is 5.62. The van der Waals surface area contributed by atoms with E-state index in [1.807, 2.05) is 41.1 Å². The van der Waals surface area contributed by atoms with Gasteiger partial charge in [0.15, 0.2) is 5.78 Å². The molecule has 16 heavy (non-hydrogen) atoms. The van der Waals surface area contributed by atoms with Gasteiger partial charge in [0.2, 0.25) is 0 Å². The van der Waals surface area contributed by atoms with E-state index in [2.05, 4.69) is 15.9 Å². The first-order valence-electron chi connectivity index (χ1n) is 4.90. The molecule has 80 valence electrons. The molecule has 3 rings (SSSR count). The summed E-state index contributed by atoms with van der Waals surface area (Å²) in [5.74, 6) is 0.166. The molecular weight excluding hydrogens is 286 g/mol. The van der Waals surface area contributed by atoms with Crippen LogP contribution in [0.3, 0.4) is 0 Å². The Labute approximate surface area is 106 Å². The van der Waals surface area contributed by atoms with E-state index in [9.17, 15) is 4.79 Å². The summed E-state index contributed by atoms with van der Waals surface area (Å²) in [7, 11) is 0. The fraction of sp³-hybridized carbons (Fsp3) is 0.0833. The third-order valence-corrected chi connectivity index (χ3v) is 4.21. The second-order valence-electron chi connectivity index (χ2n) is 3.64. The third kappa shape index (κ3) is 1.62. The summed E-state index contributed by atoms with van der Waals surface area (Å²) in [4.78, 5) is 13.1. The molecule has 0 unspecified atom stereocenters. The molecule has 1 aliphatic rings. The largest absolute Gasteiger partial charge is 0.335 e. The highest BCUT2D eigenvalue weighted by Crippen LogP contribution is 2.35. The molecule has 0 spiro atoms. The van der Waals surface area contributed by atoms with Gasteiger partial charge in [-0.1, -0.05) is 27.7 Å². The van der Waals surface area contributed by atoms with Crippen molar-refractivity contribution in [3.8, 4) is 0 Å². The van der Waals surface area contributed by atoms with Crippen LogP contribution in [0.15, 0.2) is 50.9 Å². The SMILES string of the molecule is O=C1Cn2cccc2Sc2ccc(Br)cc21. The van der Waals surface area contributed by atoms with Gasteiger partial charge in [0.1, 0.15) is 0 Å². The van der Waals surface area contributed by atoms with Crippen LogP contribution in [0.25, 0.3) is 0 Å². The van der Waals surface area contributed by atoms with E-state index < -0.39 is 0 Å². The summed E-state index contributed by atoms with van der Waals surface area (Å²) in [5, 5.41) is 1.12. The second kappa shape index (κ2) is 3.79. The third-order valence-electron chi connectivity index (χ3n) is 2.56. The van der Waals surface area contributed by atoms with E-state index >= 15 is 0 Å². The molecule has 0 atom stereocenters. The number of halogens is 1. The molecule has 0 saturated heterocycles. The molecule has 0 fully saturated rings. The van der Waals surface area contributed by atoms with Crippen molar-refractivity contribution in [3.63, 3.8) is 0 Å². The van der Waals surface area contributed by atoms with Crippen LogP contribution in [0, 0.1) is 0 Å². The van der Waals surface area contributed by atoms with Crippen LogP contribution < -0.4 is 0 Å². The number of nitrogens with zero attached hydrogens (tertiary/aromatic N) is 1. The maximum absolute atomic E-state index is 12.1. The molecule has 0 N–H and O–H groups in total. The summed E-state index contributed by atoms with van der Waals surface area (Å²) in [6.07, 6.45) is 1.95. The average molecular weight is 294 g/mol. The maximum atomic E-state index is 12.1. The van der Waals surface area contributed by atoms with Crippen LogP contribution in [0.4, 0.5) is 0 Å². The van der Waals surface area contributed by atoms with Crippen LogP contribution in [-0.2, 0) is 6.54 Å². The fourth-order valence-electron chi connectivity index (χ4n) is 1.78. The van der Waals surface area contributed by atoms with Crippen molar-refractivity contribution in [1.29, 1.82) is 0 Å². The Morgan fingerprint density at radius 3 is 3.06 bits per heavy atom. The van der Waals surface area contributed by atoms with Crippen molar-refractivity contribution in [2.75, 3.05) is 0 Å². The summed E-state index contributed by atoms with van der Waals surface area (Å²) >= 11 is 5.04. The molecule has 2 nitrogen and oxygen atoms in total. The van der Waals surface area contributed by atoms with E-state index in [0.717, 1.165) is 20.0 Å². The molecule has 2 heterocycles. The number of hydrogen-bond acceptors (Lipinski definition) is 2. The predicted octanol–water partition coefficient (Wildman–Crippen LogP) is 3.60. The van der Waals surface area contributed by atoms with Crippen LogP contribution in [0.5, 0.6) is 0 Å². The zero-order chi connectivity index (χ0) is 11.1. The van der Waals surface area contributed by atoms with Gasteiger partial charge in [-0.15, -0.1) is 0 Å². The summed E-state index contributed by atoms with van der Waals surface area (Å²) in [6, 6.07) is 9.87. The Bertz CT molecular complexity index is 576. The van der Waals surface area contributed by atoms with Crippen LogP contribution in [0.2, 0.25) is 0 Å². The van der Waals surface area contributed by atoms with Gasteiger partial charge in [-0.05, 0) is 30.3 Å². The van der Waals surface area contributed by atoms with E-state index in [-0.39, 0.29) is 5.78 Å². The minimum atomic E-state index is 0.166. The molecule has 0 amide bonds. The predicted molar refractivity (Wildman–Crippen MR) is 67.0 cm³/mol. The molecule has 2 aromatic rings. The van der Waals surface area contributed by atoms with Gasteiger partial charge in [-0.3, -0.25) is 4.79 Å².